The lowest BCUT2D eigenvalue weighted by Gasteiger charge is -2.37. The number of fused-ring (bicyclic) bond motifs is 1. The largest absolute Gasteiger partial charge is 0.352 e. The normalized spacial score (nSPS) is 20.6. The van der Waals surface area contributed by atoms with Gasteiger partial charge in [-0.2, -0.15) is 4.52 Å². The summed E-state index contributed by atoms with van der Waals surface area (Å²) in [4.78, 5) is 33.5. The molecule has 2 aromatic heterocycles. The molecule has 4 rings (SSSR count). The van der Waals surface area contributed by atoms with E-state index in [1.54, 1.807) is 0 Å². The zero-order valence-electron chi connectivity index (χ0n) is 14.9. The Morgan fingerprint density at radius 3 is 2.69 bits per heavy atom. The Morgan fingerprint density at radius 2 is 2.00 bits per heavy atom. The van der Waals surface area contributed by atoms with E-state index >= 15 is 0 Å². The van der Waals surface area contributed by atoms with Crippen LogP contribution in [0.1, 0.15) is 32.6 Å². The predicted molar refractivity (Wildman–Crippen MR) is 101 cm³/mol. The van der Waals surface area contributed by atoms with Crippen LogP contribution in [0.25, 0.3) is 4.96 Å². The van der Waals surface area contributed by atoms with Crippen LogP contribution < -0.4 is 15.8 Å². The zero-order chi connectivity index (χ0) is 18.1. The van der Waals surface area contributed by atoms with Gasteiger partial charge in [-0.05, 0) is 19.8 Å². The first-order valence-electron chi connectivity index (χ1n) is 9.26. The third-order valence-corrected chi connectivity index (χ3v) is 6.36. The Kier molecular flexibility index (Phi) is 4.90. The molecular weight excluding hydrogens is 352 g/mol. The zero-order valence-corrected chi connectivity index (χ0v) is 15.7. The molecule has 0 spiro atoms. The Bertz CT molecular complexity index is 835. The highest BCUT2D eigenvalue weighted by atomic mass is 32.1. The summed E-state index contributed by atoms with van der Waals surface area (Å²) >= 11 is 1.42. The number of carbonyl (C=O) groups excluding carboxylic acids is 1. The molecule has 9 heteroatoms. The van der Waals surface area contributed by atoms with Crippen molar-refractivity contribution in [2.24, 2.45) is 0 Å². The molecule has 1 aliphatic carbocycles. The van der Waals surface area contributed by atoms with Crippen molar-refractivity contribution in [3.8, 4) is 0 Å². The highest BCUT2D eigenvalue weighted by molar-refractivity contribution is 7.20. The van der Waals surface area contributed by atoms with Gasteiger partial charge < -0.3 is 10.2 Å². The number of nitrogens with one attached hydrogen (secondary N) is 1. The van der Waals surface area contributed by atoms with Gasteiger partial charge in [0, 0.05) is 44.5 Å². The lowest BCUT2D eigenvalue weighted by atomic mass is 10.2. The molecule has 1 saturated heterocycles. The number of anilines is 1. The average Bonchev–Trinajstić information content (AvgIpc) is 3.31. The first-order valence-corrected chi connectivity index (χ1v) is 10.1. The molecule has 1 atom stereocenters. The van der Waals surface area contributed by atoms with E-state index in [1.165, 1.54) is 41.0 Å². The van der Waals surface area contributed by atoms with E-state index in [1.807, 2.05) is 6.92 Å². The summed E-state index contributed by atoms with van der Waals surface area (Å²) in [6, 6.07) is 1.66. The van der Waals surface area contributed by atoms with E-state index in [2.05, 4.69) is 25.2 Å². The highest BCUT2D eigenvalue weighted by Crippen LogP contribution is 2.23. The summed E-state index contributed by atoms with van der Waals surface area (Å²) in [6.07, 6.45) is 6.17. The quantitative estimate of drug-likeness (QED) is 0.847. The van der Waals surface area contributed by atoms with Crippen LogP contribution in [0.4, 0.5) is 5.13 Å². The molecule has 2 aliphatic rings. The Balaban J connectivity index is 1.36. The molecule has 26 heavy (non-hydrogen) atoms. The fourth-order valence-electron chi connectivity index (χ4n) is 3.72. The number of piperazine rings is 1. The maximum atomic E-state index is 12.5. The minimum absolute atomic E-state index is 0.114. The SMILES string of the molecule is CC(C(=O)NC1CCCC1)N1CCN(c2nn3c(=O)ccnc3s2)CC1. The molecule has 140 valence electrons. The minimum atomic E-state index is -0.159. The van der Waals surface area contributed by atoms with Gasteiger partial charge in [0.05, 0.1) is 6.04 Å². The molecule has 8 nitrogen and oxygen atoms in total. The number of amides is 1. The molecule has 1 amide bonds. The average molecular weight is 376 g/mol. The maximum Gasteiger partial charge on any atom is 0.275 e. The first kappa shape index (κ1) is 17.4. The molecule has 1 saturated carbocycles. The molecule has 2 aromatic rings. The third-order valence-electron chi connectivity index (χ3n) is 5.37. The molecule has 0 bridgehead atoms. The van der Waals surface area contributed by atoms with Crippen molar-refractivity contribution in [3.63, 3.8) is 0 Å². The van der Waals surface area contributed by atoms with Crippen molar-refractivity contribution in [2.75, 3.05) is 31.1 Å². The number of hydrogen-bond acceptors (Lipinski definition) is 7. The van der Waals surface area contributed by atoms with Crippen molar-refractivity contribution in [1.82, 2.24) is 24.8 Å². The van der Waals surface area contributed by atoms with Crippen LogP contribution in [0.15, 0.2) is 17.1 Å². The second-order valence-electron chi connectivity index (χ2n) is 7.05. The number of carbonyl (C=O) groups is 1. The lowest BCUT2D eigenvalue weighted by molar-refractivity contribution is -0.126. The Morgan fingerprint density at radius 1 is 1.27 bits per heavy atom. The molecule has 0 radical (unpaired) electrons. The van der Waals surface area contributed by atoms with Gasteiger partial charge >= 0.3 is 0 Å². The van der Waals surface area contributed by atoms with Gasteiger partial charge in [-0.25, -0.2) is 4.98 Å². The Hall–Kier alpha value is -2.00. The van der Waals surface area contributed by atoms with E-state index in [0.29, 0.717) is 11.0 Å². The summed E-state index contributed by atoms with van der Waals surface area (Å²) in [5.41, 5.74) is -0.159. The second-order valence-corrected chi connectivity index (χ2v) is 7.99. The molecular formula is C17H24N6O2S. The van der Waals surface area contributed by atoms with Crippen molar-refractivity contribution >= 4 is 27.3 Å². The second kappa shape index (κ2) is 7.32. The van der Waals surface area contributed by atoms with E-state index in [4.69, 9.17) is 0 Å². The van der Waals surface area contributed by atoms with Crippen LogP contribution in [-0.2, 0) is 4.79 Å². The predicted octanol–water partition coefficient (Wildman–Crippen LogP) is 0.720. The van der Waals surface area contributed by atoms with Gasteiger partial charge in [-0.15, -0.1) is 5.10 Å². The molecule has 2 fully saturated rings. The molecule has 0 aromatic carbocycles. The first-order chi connectivity index (χ1) is 12.6. The van der Waals surface area contributed by atoms with Gasteiger partial charge in [0.25, 0.3) is 5.56 Å². The maximum absolute atomic E-state index is 12.5. The summed E-state index contributed by atoms with van der Waals surface area (Å²) < 4.78 is 1.35. The number of aromatic nitrogens is 3. The van der Waals surface area contributed by atoms with Crippen molar-refractivity contribution in [1.29, 1.82) is 0 Å². The summed E-state index contributed by atoms with van der Waals surface area (Å²) in [6.45, 7) is 5.17. The number of rotatable bonds is 4. The van der Waals surface area contributed by atoms with Crippen molar-refractivity contribution in [2.45, 2.75) is 44.7 Å². The van der Waals surface area contributed by atoms with E-state index in [-0.39, 0.29) is 17.5 Å². The molecule has 1 aliphatic heterocycles. The van der Waals surface area contributed by atoms with E-state index in [0.717, 1.165) is 44.2 Å². The van der Waals surface area contributed by atoms with Crippen LogP contribution in [0.5, 0.6) is 0 Å². The van der Waals surface area contributed by atoms with Gasteiger partial charge in [-0.3, -0.25) is 14.5 Å². The third kappa shape index (κ3) is 3.45. The van der Waals surface area contributed by atoms with Crippen LogP contribution in [0.3, 0.4) is 0 Å². The fraction of sp³-hybridized carbons (Fsp3) is 0.647. The van der Waals surface area contributed by atoms with Gasteiger partial charge in [-0.1, -0.05) is 24.2 Å². The summed E-state index contributed by atoms with van der Waals surface area (Å²) in [7, 11) is 0. The van der Waals surface area contributed by atoms with Crippen LogP contribution >= 0.6 is 11.3 Å². The lowest BCUT2D eigenvalue weighted by Crippen LogP contribution is -2.54. The molecule has 1 N–H and O–H groups in total. The monoisotopic (exact) mass is 376 g/mol. The number of nitrogens with zero attached hydrogens (tertiary/aromatic N) is 5. The van der Waals surface area contributed by atoms with Gasteiger partial charge in [0.1, 0.15) is 0 Å². The van der Waals surface area contributed by atoms with E-state index < -0.39 is 0 Å². The summed E-state index contributed by atoms with van der Waals surface area (Å²) in [5, 5.41) is 8.40. The topological polar surface area (TPSA) is 82.8 Å². The minimum Gasteiger partial charge on any atom is -0.352 e. The molecule has 3 heterocycles. The fourth-order valence-corrected chi connectivity index (χ4v) is 4.65. The standard InChI is InChI=1S/C17H24N6O2S/c1-12(15(25)19-13-4-2-3-5-13)21-8-10-22(11-9-21)17-20-23-14(24)6-7-18-16(23)26-17/h6-7,12-13H,2-5,8-11H2,1H3,(H,19,25). The van der Waals surface area contributed by atoms with Crippen LogP contribution in [-0.4, -0.2) is 63.7 Å². The highest BCUT2D eigenvalue weighted by Gasteiger charge is 2.28. The molecule has 1 unspecified atom stereocenters. The summed E-state index contributed by atoms with van der Waals surface area (Å²) in [5.74, 6) is 0.140. The van der Waals surface area contributed by atoms with Crippen molar-refractivity contribution in [3.05, 3.63) is 22.6 Å². The van der Waals surface area contributed by atoms with Crippen LogP contribution in [0, 0.1) is 0 Å². The smallest absolute Gasteiger partial charge is 0.275 e. The van der Waals surface area contributed by atoms with Gasteiger partial charge in [0.2, 0.25) is 16.0 Å². The van der Waals surface area contributed by atoms with Crippen molar-refractivity contribution < 1.29 is 4.79 Å². The van der Waals surface area contributed by atoms with Gasteiger partial charge in [0.15, 0.2) is 0 Å². The van der Waals surface area contributed by atoms with Crippen LogP contribution in [0.2, 0.25) is 0 Å². The van der Waals surface area contributed by atoms with E-state index in [9.17, 15) is 9.59 Å². The number of hydrogen-bond donors (Lipinski definition) is 1. The Labute approximate surface area is 155 Å².